The molecule has 0 aliphatic carbocycles. The molecular weight excluding hydrogens is 268 g/mol. The number of primary amides is 1. The molecule has 6 nitrogen and oxygen atoms in total. The maximum atomic E-state index is 11.6. The van der Waals surface area contributed by atoms with Crippen LogP contribution in [-0.4, -0.2) is 28.9 Å². The normalized spacial score (nSPS) is 11.8. The molecule has 0 unspecified atom stereocenters. The number of nitrogens with one attached hydrogen (secondary N) is 1. The highest BCUT2D eigenvalue weighted by Gasteiger charge is 2.23. The highest BCUT2D eigenvalue weighted by Crippen LogP contribution is 2.21. The summed E-state index contributed by atoms with van der Waals surface area (Å²) in [6.45, 7) is 0. The molecule has 17 heavy (non-hydrogen) atoms. The van der Waals surface area contributed by atoms with Crippen LogP contribution in [0.25, 0.3) is 0 Å². The van der Waals surface area contributed by atoms with Crippen molar-refractivity contribution >= 4 is 40.7 Å². The molecule has 1 rings (SSSR count). The van der Waals surface area contributed by atoms with Gasteiger partial charge in [0.25, 0.3) is 5.91 Å². The minimum atomic E-state index is -1.33. The summed E-state index contributed by atoms with van der Waals surface area (Å²) < 4.78 is 0.414. The lowest BCUT2D eigenvalue weighted by atomic mass is 10.2. The Bertz CT molecular complexity index is 460. The number of aliphatic carboxylic acids is 1. The van der Waals surface area contributed by atoms with Gasteiger partial charge in [-0.3, -0.25) is 9.59 Å². The molecule has 8 heteroatoms. The molecular formula is C9H9ClN2O4S. The first-order valence-electron chi connectivity index (χ1n) is 4.47. The van der Waals surface area contributed by atoms with Crippen LogP contribution in [-0.2, 0) is 9.59 Å². The van der Waals surface area contributed by atoms with E-state index in [1.165, 1.54) is 12.1 Å². The number of hydrogen-bond donors (Lipinski definition) is 3. The van der Waals surface area contributed by atoms with Gasteiger partial charge in [0.1, 0.15) is 6.04 Å². The van der Waals surface area contributed by atoms with Gasteiger partial charge >= 0.3 is 5.97 Å². The second-order valence-corrected chi connectivity index (χ2v) is 4.85. The fourth-order valence-corrected chi connectivity index (χ4v) is 2.01. The number of carboxylic acid groups (broad SMARTS) is 1. The molecule has 0 aliphatic rings. The molecule has 0 bridgehead atoms. The van der Waals surface area contributed by atoms with Gasteiger partial charge in [-0.15, -0.1) is 11.3 Å². The number of carbonyl (C=O) groups excluding carboxylic acids is 2. The largest absolute Gasteiger partial charge is 0.480 e. The molecule has 1 atom stereocenters. The van der Waals surface area contributed by atoms with Crippen molar-refractivity contribution in [3.05, 3.63) is 21.3 Å². The molecule has 2 amide bonds. The fourth-order valence-electron chi connectivity index (χ4n) is 1.07. The van der Waals surface area contributed by atoms with Crippen molar-refractivity contribution in [3.63, 3.8) is 0 Å². The molecule has 4 N–H and O–H groups in total. The van der Waals surface area contributed by atoms with E-state index in [-0.39, 0.29) is 4.88 Å². The monoisotopic (exact) mass is 276 g/mol. The smallest absolute Gasteiger partial charge is 0.326 e. The average Bonchev–Trinajstić information content (AvgIpc) is 2.63. The van der Waals surface area contributed by atoms with Gasteiger partial charge in [-0.25, -0.2) is 4.79 Å². The van der Waals surface area contributed by atoms with Gasteiger partial charge < -0.3 is 16.2 Å². The summed E-state index contributed by atoms with van der Waals surface area (Å²) in [6.07, 6.45) is -0.458. The van der Waals surface area contributed by atoms with E-state index < -0.39 is 30.2 Å². The number of thiophene rings is 1. The van der Waals surface area contributed by atoms with Crippen LogP contribution in [0.3, 0.4) is 0 Å². The molecule has 0 fully saturated rings. The van der Waals surface area contributed by atoms with Gasteiger partial charge in [0.2, 0.25) is 5.91 Å². The Morgan fingerprint density at radius 3 is 2.53 bits per heavy atom. The van der Waals surface area contributed by atoms with Gasteiger partial charge in [0, 0.05) is 0 Å². The lowest BCUT2D eigenvalue weighted by molar-refractivity contribution is -0.140. The topological polar surface area (TPSA) is 109 Å². The first kappa shape index (κ1) is 13.5. The number of nitrogens with two attached hydrogens (primary N) is 1. The molecule has 1 heterocycles. The molecule has 1 aromatic rings. The highest BCUT2D eigenvalue weighted by molar-refractivity contribution is 7.18. The Labute approximate surface area is 105 Å². The maximum absolute atomic E-state index is 11.6. The van der Waals surface area contributed by atoms with E-state index in [0.29, 0.717) is 4.34 Å². The van der Waals surface area contributed by atoms with E-state index in [1.54, 1.807) is 0 Å². The van der Waals surface area contributed by atoms with E-state index in [9.17, 15) is 14.4 Å². The maximum Gasteiger partial charge on any atom is 0.326 e. The minimum absolute atomic E-state index is 0.269. The van der Waals surface area contributed by atoms with Crippen molar-refractivity contribution in [3.8, 4) is 0 Å². The Morgan fingerprint density at radius 1 is 1.47 bits per heavy atom. The zero-order valence-corrected chi connectivity index (χ0v) is 10.0. The zero-order valence-electron chi connectivity index (χ0n) is 8.47. The van der Waals surface area contributed by atoms with Gasteiger partial charge in [-0.05, 0) is 12.1 Å². The molecule has 0 saturated carbocycles. The van der Waals surface area contributed by atoms with Gasteiger partial charge in [-0.1, -0.05) is 11.6 Å². The lowest BCUT2D eigenvalue weighted by Crippen LogP contribution is -2.43. The van der Waals surface area contributed by atoms with Crippen LogP contribution in [0.15, 0.2) is 12.1 Å². The number of hydrogen-bond acceptors (Lipinski definition) is 4. The molecule has 0 radical (unpaired) electrons. The summed E-state index contributed by atoms with van der Waals surface area (Å²) >= 11 is 6.65. The number of carbonyl (C=O) groups is 3. The Hall–Kier alpha value is -1.60. The summed E-state index contributed by atoms with van der Waals surface area (Å²) in [5, 5.41) is 11.0. The van der Waals surface area contributed by atoms with E-state index in [2.05, 4.69) is 5.32 Å². The summed E-state index contributed by atoms with van der Waals surface area (Å²) in [5.41, 5.74) is 4.88. The Balaban J connectivity index is 2.70. The predicted octanol–water partition coefficient (Wildman–Crippen LogP) is 0.460. The highest BCUT2D eigenvalue weighted by atomic mass is 35.5. The van der Waals surface area contributed by atoms with Crippen LogP contribution in [0.2, 0.25) is 4.34 Å². The van der Waals surface area contributed by atoms with Gasteiger partial charge in [-0.2, -0.15) is 0 Å². The fraction of sp³-hybridized carbons (Fsp3) is 0.222. The van der Waals surface area contributed by atoms with Crippen molar-refractivity contribution in [1.82, 2.24) is 5.32 Å². The van der Waals surface area contributed by atoms with Crippen LogP contribution < -0.4 is 11.1 Å². The third kappa shape index (κ3) is 4.04. The van der Waals surface area contributed by atoms with Crippen LogP contribution in [0, 0.1) is 0 Å². The van der Waals surface area contributed by atoms with Gasteiger partial charge in [0.15, 0.2) is 0 Å². The summed E-state index contributed by atoms with van der Waals surface area (Å²) in [5.74, 6) is -2.72. The van der Waals surface area contributed by atoms with Crippen molar-refractivity contribution in [1.29, 1.82) is 0 Å². The molecule has 1 aromatic heterocycles. The first-order chi connectivity index (χ1) is 7.90. The molecule has 0 aromatic carbocycles. The van der Waals surface area contributed by atoms with Crippen LogP contribution in [0.1, 0.15) is 16.1 Å². The van der Waals surface area contributed by atoms with E-state index >= 15 is 0 Å². The number of carboxylic acids is 1. The van der Waals surface area contributed by atoms with Crippen molar-refractivity contribution in [2.75, 3.05) is 0 Å². The third-order valence-electron chi connectivity index (χ3n) is 1.81. The first-order valence-corrected chi connectivity index (χ1v) is 5.67. The second kappa shape index (κ2) is 5.65. The van der Waals surface area contributed by atoms with E-state index in [1.807, 2.05) is 0 Å². The third-order valence-corrected chi connectivity index (χ3v) is 3.04. The Kier molecular flexibility index (Phi) is 4.47. The van der Waals surface area contributed by atoms with E-state index in [4.69, 9.17) is 22.4 Å². The van der Waals surface area contributed by atoms with Crippen molar-refractivity contribution < 1.29 is 19.5 Å². The molecule has 0 spiro atoms. The minimum Gasteiger partial charge on any atom is -0.480 e. The second-order valence-electron chi connectivity index (χ2n) is 3.14. The van der Waals surface area contributed by atoms with Crippen LogP contribution in [0.4, 0.5) is 0 Å². The van der Waals surface area contributed by atoms with Gasteiger partial charge in [0.05, 0.1) is 15.6 Å². The average molecular weight is 277 g/mol. The molecule has 0 saturated heterocycles. The lowest BCUT2D eigenvalue weighted by Gasteiger charge is -2.11. The van der Waals surface area contributed by atoms with Crippen molar-refractivity contribution in [2.45, 2.75) is 12.5 Å². The number of halogens is 1. The van der Waals surface area contributed by atoms with Crippen molar-refractivity contribution in [2.24, 2.45) is 5.73 Å². The number of rotatable bonds is 5. The number of amides is 2. The SMILES string of the molecule is NC(=O)C[C@H](NC(=O)c1ccc(Cl)s1)C(=O)O. The molecule has 0 aliphatic heterocycles. The molecule has 92 valence electrons. The zero-order chi connectivity index (χ0) is 13.0. The van der Waals surface area contributed by atoms with Crippen LogP contribution in [0.5, 0.6) is 0 Å². The summed E-state index contributed by atoms with van der Waals surface area (Å²) in [4.78, 5) is 33.2. The predicted molar refractivity (Wildman–Crippen MR) is 62.0 cm³/mol. The standard InChI is InChI=1S/C9H9ClN2O4S/c10-6-2-1-5(17-6)8(14)12-4(9(15)16)3-7(11)13/h1-2,4H,3H2,(H2,11,13)(H,12,14)(H,15,16)/t4-/m0/s1. The summed E-state index contributed by atoms with van der Waals surface area (Å²) in [7, 11) is 0. The quantitative estimate of drug-likeness (QED) is 0.726. The Morgan fingerprint density at radius 2 is 2.12 bits per heavy atom. The summed E-state index contributed by atoms with van der Waals surface area (Å²) in [6, 6.07) is 1.65. The van der Waals surface area contributed by atoms with Crippen LogP contribution >= 0.6 is 22.9 Å². The van der Waals surface area contributed by atoms with E-state index in [0.717, 1.165) is 11.3 Å².